The standard InChI is InChI=1S/C24H28Cl2N4O2/c1-24(2,3)32-23(31)29-12-6-7-18(15-29)27-22-28-20-8-4-5-9-21(20)30(22)14-16-10-11-17(25)13-19(16)26/h4-5,8-11,13,18H,6-7,12,14-15H2,1-3H3,(H,27,28)/t18-/m0/s1. The lowest BCUT2D eigenvalue weighted by Gasteiger charge is -2.34. The SMILES string of the molecule is CC(C)(C)OC(=O)N1CCC[C@H](Nc2nc3ccccc3n2Cc2ccc(Cl)cc2Cl)C1. The van der Waals surface area contributed by atoms with Gasteiger partial charge < -0.3 is 19.5 Å². The van der Waals surface area contributed by atoms with Crippen LogP contribution < -0.4 is 5.32 Å². The number of nitrogens with one attached hydrogen (secondary N) is 1. The van der Waals surface area contributed by atoms with E-state index in [-0.39, 0.29) is 12.1 Å². The van der Waals surface area contributed by atoms with Crippen LogP contribution in [0.4, 0.5) is 10.7 Å². The highest BCUT2D eigenvalue weighted by molar-refractivity contribution is 6.35. The van der Waals surface area contributed by atoms with E-state index in [1.807, 2.05) is 57.2 Å². The van der Waals surface area contributed by atoms with Crippen LogP contribution in [-0.4, -0.2) is 45.3 Å². The maximum atomic E-state index is 12.6. The van der Waals surface area contributed by atoms with Gasteiger partial charge >= 0.3 is 6.09 Å². The number of amides is 1. The lowest BCUT2D eigenvalue weighted by atomic mass is 10.1. The predicted octanol–water partition coefficient (Wildman–Crippen LogP) is 6.20. The van der Waals surface area contributed by atoms with Crippen LogP contribution in [0.1, 0.15) is 39.2 Å². The van der Waals surface area contributed by atoms with Gasteiger partial charge in [-0.3, -0.25) is 0 Å². The molecule has 0 bridgehead atoms. The second-order valence-corrected chi connectivity index (χ2v) is 10.00. The van der Waals surface area contributed by atoms with E-state index in [0.29, 0.717) is 29.7 Å². The van der Waals surface area contributed by atoms with Crippen molar-refractivity contribution in [3.05, 3.63) is 58.1 Å². The van der Waals surface area contributed by atoms with E-state index in [0.717, 1.165) is 35.4 Å². The Morgan fingerprint density at radius 1 is 1.22 bits per heavy atom. The highest BCUT2D eigenvalue weighted by atomic mass is 35.5. The molecular formula is C24H28Cl2N4O2. The van der Waals surface area contributed by atoms with Gasteiger partial charge in [0.15, 0.2) is 0 Å². The number of nitrogens with zero attached hydrogens (tertiary/aromatic N) is 3. The van der Waals surface area contributed by atoms with Gasteiger partial charge in [0.1, 0.15) is 5.60 Å². The van der Waals surface area contributed by atoms with E-state index < -0.39 is 5.60 Å². The minimum atomic E-state index is -0.511. The summed E-state index contributed by atoms with van der Waals surface area (Å²) in [6.07, 6.45) is 1.58. The highest BCUT2D eigenvalue weighted by Crippen LogP contribution is 2.27. The molecule has 1 aliphatic heterocycles. The van der Waals surface area contributed by atoms with Crippen LogP contribution in [0.25, 0.3) is 11.0 Å². The number of carbonyl (C=O) groups excluding carboxylic acids is 1. The van der Waals surface area contributed by atoms with Crippen molar-refractivity contribution in [2.24, 2.45) is 0 Å². The molecule has 1 saturated heterocycles. The van der Waals surface area contributed by atoms with E-state index in [2.05, 4.69) is 9.88 Å². The summed E-state index contributed by atoms with van der Waals surface area (Å²) in [5, 5.41) is 4.80. The summed E-state index contributed by atoms with van der Waals surface area (Å²) >= 11 is 12.5. The molecule has 0 saturated carbocycles. The largest absolute Gasteiger partial charge is 0.444 e. The first-order valence-electron chi connectivity index (χ1n) is 10.8. The van der Waals surface area contributed by atoms with Gasteiger partial charge in [0.25, 0.3) is 0 Å². The third kappa shape index (κ3) is 5.30. The van der Waals surface area contributed by atoms with E-state index in [4.69, 9.17) is 32.9 Å². The van der Waals surface area contributed by atoms with Crippen molar-refractivity contribution >= 4 is 46.3 Å². The van der Waals surface area contributed by atoms with Gasteiger partial charge in [0.2, 0.25) is 5.95 Å². The molecule has 0 radical (unpaired) electrons. The number of ether oxygens (including phenoxy) is 1. The normalized spacial score (nSPS) is 16.9. The molecule has 0 aliphatic carbocycles. The summed E-state index contributed by atoms with van der Waals surface area (Å²) in [4.78, 5) is 19.2. The van der Waals surface area contributed by atoms with E-state index in [9.17, 15) is 4.79 Å². The first-order valence-corrected chi connectivity index (χ1v) is 11.6. The lowest BCUT2D eigenvalue weighted by Crippen LogP contribution is -2.47. The maximum Gasteiger partial charge on any atom is 0.410 e. The number of halogens is 2. The Hall–Kier alpha value is -2.44. The number of para-hydroxylation sites is 2. The van der Waals surface area contributed by atoms with Crippen molar-refractivity contribution < 1.29 is 9.53 Å². The number of hydrogen-bond acceptors (Lipinski definition) is 4. The van der Waals surface area contributed by atoms with E-state index in [1.54, 1.807) is 11.0 Å². The van der Waals surface area contributed by atoms with Gasteiger partial charge in [0.05, 0.1) is 17.6 Å². The summed E-state index contributed by atoms with van der Waals surface area (Å²) < 4.78 is 7.68. The third-order valence-electron chi connectivity index (χ3n) is 5.40. The number of imidazole rings is 1. The van der Waals surface area contributed by atoms with Crippen molar-refractivity contribution in [2.75, 3.05) is 18.4 Å². The topological polar surface area (TPSA) is 59.4 Å². The number of carbonyl (C=O) groups is 1. The quantitative estimate of drug-likeness (QED) is 0.488. The number of likely N-dealkylation sites (tertiary alicyclic amines) is 1. The molecule has 1 aliphatic rings. The molecule has 8 heteroatoms. The minimum Gasteiger partial charge on any atom is -0.444 e. The Kier molecular flexibility index (Phi) is 6.54. The molecule has 3 aromatic rings. The van der Waals surface area contributed by atoms with Crippen LogP contribution in [-0.2, 0) is 11.3 Å². The fraction of sp³-hybridized carbons (Fsp3) is 0.417. The van der Waals surface area contributed by atoms with Crippen molar-refractivity contribution in [1.29, 1.82) is 0 Å². The molecule has 6 nitrogen and oxygen atoms in total. The third-order valence-corrected chi connectivity index (χ3v) is 5.99. The lowest BCUT2D eigenvalue weighted by molar-refractivity contribution is 0.0206. The molecular weight excluding hydrogens is 447 g/mol. The molecule has 1 N–H and O–H groups in total. The Balaban J connectivity index is 1.57. The number of fused-ring (bicyclic) bond motifs is 1. The Morgan fingerprint density at radius 2 is 2.00 bits per heavy atom. The summed E-state index contributed by atoms with van der Waals surface area (Å²) in [6, 6.07) is 13.6. The second kappa shape index (κ2) is 9.20. The van der Waals surface area contributed by atoms with E-state index >= 15 is 0 Å². The first-order chi connectivity index (χ1) is 15.2. The zero-order chi connectivity index (χ0) is 22.9. The van der Waals surface area contributed by atoms with Gasteiger partial charge in [0, 0.05) is 29.2 Å². The zero-order valence-electron chi connectivity index (χ0n) is 18.6. The number of aromatic nitrogens is 2. The molecule has 170 valence electrons. The Bertz CT molecular complexity index is 1120. The average Bonchev–Trinajstić information content (AvgIpc) is 3.06. The van der Waals surface area contributed by atoms with Crippen LogP contribution in [0.2, 0.25) is 10.0 Å². The molecule has 1 amide bonds. The number of hydrogen-bond donors (Lipinski definition) is 1. The molecule has 1 fully saturated rings. The van der Waals surface area contributed by atoms with Gasteiger partial charge in [-0.15, -0.1) is 0 Å². The molecule has 4 rings (SSSR count). The molecule has 1 atom stereocenters. The van der Waals surface area contributed by atoms with Crippen LogP contribution in [0.3, 0.4) is 0 Å². The molecule has 2 heterocycles. The summed E-state index contributed by atoms with van der Waals surface area (Å²) in [7, 11) is 0. The molecule has 1 aromatic heterocycles. The smallest absolute Gasteiger partial charge is 0.410 e. The van der Waals surface area contributed by atoms with Crippen molar-refractivity contribution in [3.63, 3.8) is 0 Å². The Labute approximate surface area is 198 Å². The van der Waals surface area contributed by atoms with Crippen molar-refractivity contribution in [1.82, 2.24) is 14.5 Å². The van der Waals surface area contributed by atoms with Gasteiger partial charge in [-0.25, -0.2) is 9.78 Å². The Morgan fingerprint density at radius 3 is 2.75 bits per heavy atom. The van der Waals surface area contributed by atoms with Crippen LogP contribution in [0, 0.1) is 0 Å². The molecule has 0 spiro atoms. The van der Waals surface area contributed by atoms with E-state index in [1.165, 1.54) is 0 Å². The number of rotatable bonds is 4. The molecule has 32 heavy (non-hydrogen) atoms. The fourth-order valence-electron chi connectivity index (χ4n) is 3.94. The number of piperidine rings is 1. The highest BCUT2D eigenvalue weighted by Gasteiger charge is 2.28. The fourth-order valence-corrected chi connectivity index (χ4v) is 4.40. The average molecular weight is 475 g/mol. The van der Waals surface area contributed by atoms with Gasteiger partial charge in [-0.05, 0) is 63.4 Å². The molecule has 2 aromatic carbocycles. The van der Waals surface area contributed by atoms with Gasteiger partial charge in [-0.2, -0.15) is 0 Å². The van der Waals surface area contributed by atoms with Gasteiger partial charge in [-0.1, -0.05) is 41.4 Å². The summed E-state index contributed by atoms with van der Waals surface area (Å²) in [5.74, 6) is 0.758. The van der Waals surface area contributed by atoms with Crippen molar-refractivity contribution in [2.45, 2.75) is 51.8 Å². The zero-order valence-corrected chi connectivity index (χ0v) is 20.1. The minimum absolute atomic E-state index is 0.0764. The summed E-state index contributed by atoms with van der Waals surface area (Å²) in [6.45, 7) is 7.48. The second-order valence-electron chi connectivity index (χ2n) is 9.16. The predicted molar refractivity (Wildman–Crippen MR) is 130 cm³/mol. The number of benzene rings is 2. The van der Waals surface area contributed by atoms with Crippen LogP contribution in [0.15, 0.2) is 42.5 Å². The van der Waals surface area contributed by atoms with Crippen molar-refractivity contribution in [3.8, 4) is 0 Å². The van der Waals surface area contributed by atoms with Crippen LogP contribution >= 0.6 is 23.2 Å². The molecule has 0 unspecified atom stereocenters. The monoisotopic (exact) mass is 474 g/mol. The summed E-state index contributed by atoms with van der Waals surface area (Å²) in [5.41, 5.74) is 2.37. The maximum absolute atomic E-state index is 12.6. The van der Waals surface area contributed by atoms with Crippen LogP contribution in [0.5, 0.6) is 0 Å². The number of anilines is 1. The first kappa shape index (κ1) is 22.7.